The summed E-state index contributed by atoms with van der Waals surface area (Å²) < 4.78 is 0. The second kappa shape index (κ2) is 5.61. The second-order valence-corrected chi connectivity index (χ2v) is 5.44. The van der Waals surface area contributed by atoms with Crippen LogP contribution in [0.2, 0.25) is 0 Å². The van der Waals surface area contributed by atoms with Crippen LogP contribution in [0.15, 0.2) is 17.5 Å². The van der Waals surface area contributed by atoms with Crippen LogP contribution in [0.4, 0.5) is 0 Å². The van der Waals surface area contributed by atoms with Gasteiger partial charge in [0.2, 0.25) is 0 Å². The monoisotopic (exact) mass is 227 g/mol. The molecule has 4 heteroatoms. The van der Waals surface area contributed by atoms with Gasteiger partial charge in [0, 0.05) is 36.0 Å². The van der Waals surface area contributed by atoms with Crippen LogP contribution in [0.25, 0.3) is 0 Å². The first kappa shape index (κ1) is 12.6. The Hall–Kier alpha value is -0.420. The maximum absolute atomic E-state index is 5.74. The van der Waals surface area contributed by atoms with Crippen molar-refractivity contribution in [1.29, 1.82) is 0 Å². The van der Waals surface area contributed by atoms with Gasteiger partial charge in [0.25, 0.3) is 0 Å². The van der Waals surface area contributed by atoms with Gasteiger partial charge in [-0.1, -0.05) is 19.9 Å². The van der Waals surface area contributed by atoms with Gasteiger partial charge in [0.1, 0.15) is 0 Å². The molecule has 1 unspecified atom stereocenters. The topological polar surface area (TPSA) is 64.1 Å². The fourth-order valence-corrected chi connectivity index (χ4v) is 2.26. The third kappa shape index (κ3) is 3.91. The van der Waals surface area contributed by atoms with Gasteiger partial charge in [0.15, 0.2) is 0 Å². The zero-order valence-corrected chi connectivity index (χ0v) is 10.3. The lowest BCUT2D eigenvalue weighted by Crippen LogP contribution is -2.43. The van der Waals surface area contributed by atoms with Gasteiger partial charge in [-0.25, -0.2) is 0 Å². The Kier molecular flexibility index (Phi) is 4.73. The van der Waals surface area contributed by atoms with E-state index in [0.717, 1.165) is 13.1 Å². The molecule has 15 heavy (non-hydrogen) atoms. The highest BCUT2D eigenvalue weighted by molar-refractivity contribution is 7.10. The van der Waals surface area contributed by atoms with E-state index in [4.69, 9.17) is 11.5 Å². The molecule has 1 aromatic heterocycles. The number of nitrogens with one attached hydrogen (secondary N) is 1. The van der Waals surface area contributed by atoms with E-state index in [1.54, 1.807) is 11.3 Å². The molecular weight excluding hydrogens is 206 g/mol. The first-order valence-corrected chi connectivity index (χ1v) is 6.14. The molecule has 0 fully saturated rings. The summed E-state index contributed by atoms with van der Waals surface area (Å²) in [5.74, 6) is 0. The first-order chi connectivity index (χ1) is 7.06. The fourth-order valence-electron chi connectivity index (χ4n) is 1.40. The van der Waals surface area contributed by atoms with Crippen LogP contribution in [0, 0.1) is 0 Å². The van der Waals surface area contributed by atoms with Crippen LogP contribution in [-0.4, -0.2) is 25.7 Å². The van der Waals surface area contributed by atoms with E-state index in [9.17, 15) is 0 Å². The highest BCUT2D eigenvalue weighted by Crippen LogP contribution is 2.26. The van der Waals surface area contributed by atoms with Crippen molar-refractivity contribution < 1.29 is 0 Å². The summed E-state index contributed by atoms with van der Waals surface area (Å²) in [7, 11) is 0. The molecule has 0 spiro atoms. The van der Waals surface area contributed by atoms with Crippen LogP contribution in [0.3, 0.4) is 0 Å². The van der Waals surface area contributed by atoms with Gasteiger partial charge in [-0.05, 0) is 11.4 Å². The molecule has 0 aliphatic rings. The Morgan fingerprint density at radius 1 is 1.53 bits per heavy atom. The number of hydrogen-bond donors (Lipinski definition) is 3. The predicted molar refractivity (Wildman–Crippen MR) is 67.2 cm³/mol. The minimum Gasteiger partial charge on any atom is -0.329 e. The highest BCUT2D eigenvalue weighted by atomic mass is 32.1. The summed E-state index contributed by atoms with van der Waals surface area (Å²) in [5.41, 5.74) is 11.4. The van der Waals surface area contributed by atoms with Crippen molar-refractivity contribution >= 4 is 11.3 Å². The molecule has 1 heterocycles. The van der Waals surface area contributed by atoms with E-state index in [-0.39, 0.29) is 11.5 Å². The van der Waals surface area contributed by atoms with Crippen molar-refractivity contribution in [2.24, 2.45) is 11.5 Å². The van der Waals surface area contributed by atoms with E-state index in [1.165, 1.54) is 4.88 Å². The summed E-state index contributed by atoms with van der Waals surface area (Å²) >= 11 is 1.80. The molecule has 0 amide bonds. The lowest BCUT2D eigenvalue weighted by Gasteiger charge is -2.24. The lowest BCUT2D eigenvalue weighted by molar-refractivity contribution is 0.460. The van der Waals surface area contributed by atoms with Gasteiger partial charge in [0.05, 0.1) is 0 Å². The number of nitrogens with two attached hydrogens (primary N) is 2. The van der Waals surface area contributed by atoms with Crippen LogP contribution < -0.4 is 16.8 Å². The first-order valence-electron chi connectivity index (χ1n) is 5.26. The van der Waals surface area contributed by atoms with Crippen molar-refractivity contribution in [2.75, 3.05) is 19.6 Å². The van der Waals surface area contributed by atoms with Gasteiger partial charge >= 0.3 is 0 Å². The molecule has 0 radical (unpaired) electrons. The summed E-state index contributed by atoms with van der Waals surface area (Å²) in [6.45, 7) is 6.72. The Bertz CT molecular complexity index is 269. The van der Waals surface area contributed by atoms with Crippen molar-refractivity contribution in [3.63, 3.8) is 0 Å². The molecule has 0 aromatic carbocycles. The quantitative estimate of drug-likeness (QED) is 0.676. The van der Waals surface area contributed by atoms with E-state index in [0.29, 0.717) is 6.54 Å². The molecule has 5 N–H and O–H groups in total. The molecule has 86 valence electrons. The minimum atomic E-state index is 0.0594. The average Bonchev–Trinajstić information content (AvgIpc) is 2.70. The van der Waals surface area contributed by atoms with Crippen LogP contribution in [-0.2, 0) is 5.41 Å². The smallest absolute Gasteiger partial charge is 0.0290 e. The maximum atomic E-state index is 5.74. The third-order valence-electron chi connectivity index (χ3n) is 2.46. The van der Waals surface area contributed by atoms with Crippen molar-refractivity contribution in [3.05, 3.63) is 22.4 Å². The SMILES string of the molecule is CC(C)(CNCC(N)CN)c1cccs1. The molecule has 0 saturated carbocycles. The zero-order chi connectivity index (χ0) is 11.3. The van der Waals surface area contributed by atoms with Crippen molar-refractivity contribution in [1.82, 2.24) is 5.32 Å². The van der Waals surface area contributed by atoms with E-state index in [2.05, 4.69) is 36.7 Å². The van der Waals surface area contributed by atoms with E-state index >= 15 is 0 Å². The summed E-state index contributed by atoms with van der Waals surface area (Å²) in [4.78, 5) is 1.40. The van der Waals surface area contributed by atoms with Crippen LogP contribution in [0.5, 0.6) is 0 Å². The molecule has 0 aliphatic heterocycles. The van der Waals surface area contributed by atoms with Gasteiger partial charge in [-0.15, -0.1) is 11.3 Å². The third-order valence-corrected chi connectivity index (χ3v) is 3.70. The normalized spacial score (nSPS) is 14.1. The van der Waals surface area contributed by atoms with Crippen LogP contribution in [0.1, 0.15) is 18.7 Å². The molecule has 1 aromatic rings. The standard InChI is InChI=1S/C11H21N3S/c1-11(2,10-4-3-5-15-10)8-14-7-9(13)6-12/h3-5,9,14H,6-8,12-13H2,1-2H3. The maximum Gasteiger partial charge on any atom is 0.0290 e. The highest BCUT2D eigenvalue weighted by Gasteiger charge is 2.21. The Morgan fingerprint density at radius 2 is 2.27 bits per heavy atom. The zero-order valence-electron chi connectivity index (χ0n) is 9.49. The average molecular weight is 227 g/mol. The predicted octanol–water partition coefficient (Wildman–Crippen LogP) is 0.901. The number of thiophene rings is 1. The fraction of sp³-hybridized carbons (Fsp3) is 0.636. The lowest BCUT2D eigenvalue weighted by atomic mass is 9.91. The summed E-state index contributed by atoms with van der Waals surface area (Å²) in [6, 6.07) is 4.33. The second-order valence-electron chi connectivity index (χ2n) is 4.49. The molecule has 0 bridgehead atoms. The molecule has 1 rings (SSSR count). The minimum absolute atomic E-state index is 0.0594. The molecule has 3 nitrogen and oxygen atoms in total. The molecule has 0 aliphatic carbocycles. The summed E-state index contributed by atoms with van der Waals surface area (Å²) in [5, 5.41) is 5.48. The van der Waals surface area contributed by atoms with Crippen molar-refractivity contribution in [3.8, 4) is 0 Å². The van der Waals surface area contributed by atoms with Gasteiger partial charge < -0.3 is 16.8 Å². The Labute approximate surface area is 95.9 Å². The van der Waals surface area contributed by atoms with Crippen molar-refractivity contribution in [2.45, 2.75) is 25.3 Å². The van der Waals surface area contributed by atoms with Crippen LogP contribution >= 0.6 is 11.3 Å². The number of rotatable bonds is 6. The van der Waals surface area contributed by atoms with Gasteiger partial charge in [-0.3, -0.25) is 0 Å². The number of hydrogen-bond acceptors (Lipinski definition) is 4. The molecular formula is C11H21N3S. The Morgan fingerprint density at radius 3 is 2.80 bits per heavy atom. The molecule has 1 atom stereocenters. The molecule has 0 saturated heterocycles. The van der Waals surface area contributed by atoms with E-state index < -0.39 is 0 Å². The largest absolute Gasteiger partial charge is 0.329 e. The van der Waals surface area contributed by atoms with E-state index in [1.807, 2.05) is 0 Å². The van der Waals surface area contributed by atoms with Gasteiger partial charge in [-0.2, -0.15) is 0 Å². The summed E-state index contributed by atoms with van der Waals surface area (Å²) in [6.07, 6.45) is 0. The Balaban J connectivity index is 2.37.